The summed E-state index contributed by atoms with van der Waals surface area (Å²) >= 11 is 1.27. The second-order valence-electron chi connectivity index (χ2n) is 7.99. The van der Waals surface area contributed by atoms with Crippen molar-refractivity contribution in [3.63, 3.8) is 0 Å². The number of fused-ring (bicyclic) bond motifs is 1. The van der Waals surface area contributed by atoms with Gasteiger partial charge in [0.2, 0.25) is 17.7 Å². The molecule has 1 saturated heterocycles. The second kappa shape index (κ2) is 8.22. The van der Waals surface area contributed by atoms with Crippen LogP contribution in [0.15, 0.2) is 18.2 Å². The minimum absolute atomic E-state index is 0.0657. The number of rotatable bonds is 4. The molecule has 1 atom stereocenters. The molecule has 2 fully saturated rings. The third-order valence-electron chi connectivity index (χ3n) is 6.04. The summed E-state index contributed by atoms with van der Waals surface area (Å²) in [5.74, 6) is 1.34. The zero-order valence-corrected chi connectivity index (χ0v) is 17.5. The average Bonchev–Trinajstić information content (AvgIpc) is 3.53. The molecule has 2 amide bonds. The van der Waals surface area contributed by atoms with Crippen LogP contribution in [0.2, 0.25) is 0 Å². The Kier molecular flexibility index (Phi) is 5.28. The molecule has 0 spiro atoms. The minimum atomic E-state index is -0.319. The zero-order chi connectivity index (χ0) is 20.5. The summed E-state index contributed by atoms with van der Waals surface area (Å²) < 4.78 is 10.6. The lowest BCUT2D eigenvalue weighted by atomic mass is 9.88. The molecule has 1 saturated carbocycles. The van der Waals surface area contributed by atoms with Crippen LogP contribution in [-0.2, 0) is 4.79 Å². The van der Waals surface area contributed by atoms with E-state index < -0.39 is 0 Å². The highest BCUT2D eigenvalue weighted by atomic mass is 32.1. The molecule has 5 rings (SSSR count). The van der Waals surface area contributed by atoms with E-state index in [4.69, 9.17) is 9.47 Å². The van der Waals surface area contributed by atoms with Crippen LogP contribution < -0.4 is 14.8 Å². The SMILES string of the molecule is O=C(Nc1ccc2c(c1)OCO2)c1nnc([C@@H]2CCCN2C(=O)C2CCCCC2)s1. The molecule has 1 N–H and O–H groups in total. The minimum Gasteiger partial charge on any atom is -0.454 e. The highest BCUT2D eigenvalue weighted by molar-refractivity contribution is 7.13. The molecule has 2 aromatic rings. The Hall–Kier alpha value is -2.68. The summed E-state index contributed by atoms with van der Waals surface area (Å²) in [5.41, 5.74) is 0.607. The number of hydrogen-bond acceptors (Lipinski definition) is 7. The first-order chi connectivity index (χ1) is 14.7. The molecule has 9 heteroatoms. The molecule has 2 aliphatic heterocycles. The van der Waals surface area contributed by atoms with Crippen molar-refractivity contribution >= 4 is 28.8 Å². The van der Waals surface area contributed by atoms with E-state index in [0.717, 1.165) is 50.1 Å². The molecule has 30 heavy (non-hydrogen) atoms. The van der Waals surface area contributed by atoms with E-state index in [2.05, 4.69) is 15.5 Å². The number of aromatic nitrogens is 2. The van der Waals surface area contributed by atoms with Gasteiger partial charge in [-0.3, -0.25) is 9.59 Å². The molecule has 0 bridgehead atoms. The van der Waals surface area contributed by atoms with Crippen LogP contribution in [0.5, 0.6) is 11.5 Å². The maximum absolute atomic E-state index is 13.0. The molecule has 1 aromatic carbocycles. The van der Waals surface area contributed by atoms with Crippen molar-refractivity contribution in [1.29, 1.82) is 0 Å². The van der Waals surface area contributed by atoms with Crippen LogP contribution in [0.25, 0.3) is 0 Å². The lowest BCUT2D eigenvalue weighted by Crippen LogP contribution is -2.36. The summed E-state index contributed by atoms with van der Waals surface area (Å²) in [5, 5.41) is 12.2. The van der Waals surface area contributed by atoms with Crippen molar-refractivity contribution in [3.8, 4) is 11.5 Å². The molecule has 1 aliphatic carbocycles. The highest BCUT2D eigenvalue weighted by Gasteiger charge is 2.36. The smallest absolute Gasteiger partial charge is 0.286 e. The predicted molar refractivity (Wildman–Crippen MR) is 111 cm³/mol. The average molecular weight is 429 g/mol. The quantitative estimate of drug-likeness (QED) is 0.797. The van der Waals surface area contributed by atoms with E-state index in [1.807, 2.05) is 4.90 Å². The first-order valence-corrected chi connectivity index (χ1v) is 11.4. The van der Waals surface area contributed by atoms with E-state index in [-0.39, 0.29) is 30.6 Å². The van der Waals surface area contributed by atoms with Gasteiger partial charge in [0, 0.05) is 24.2 Å². The largest absolute Gasteiger partial charge is 0.454 e. The summed E-state index contributed by atoms with van der Waals surface area (Å²) in [4.78, 5) is 27.7. The number of likely N-dealkylation sites (tertiary alicyclic amines) is 1. The van der Waals surface area contributed by atoms with Crippen molar-refractivity contribution in [2.24, 2.45) is 5.92 Å². The van der Waals surface area contributed by atoms with Crippen LogP contribution in [0.1, 0.15) is 65.8 Å². The summed E-state index contributed by atoms with van der Waals surface area (Å²) in [7, 11) is 0. The molecule has 3 heterocycles. The van der Waals surface area contributed by atoms with Gasteiger partial charge in [-0.05, 0) is 37.8 Å². The Morgan fingerprint density at radius 1 is 1.03 bits per heavy atom. The third kappa shape index (κ3) is 3.74. The fraction of sp³-hybridized carbons (Fsp3) is 0.524. The molecule has 0 unspecified atom stereocenters. The van der Waals surface area contributed by atoms with E-state index in [1.165, 1.54) is 17.8 Å². The van der Waals surface area contributed by atoms with Gasteiger partial charge in [-0.2, -0.15) is 0 Å². The van der Waals surface area contributed by atoms with E-state index in [9.17, 15) is 9.59 Å². The van der Waals surface area contributed by atoms with Crippen molar-refractivity contribution < 1.29 is 19.1 Å². The normalized spacial score (nSPS) is 21.1. The monoisotopic (exact) mass is 428 g/mol. The van der Waals surface area contributed by atoms with Crippen molar-refractivity contribution in [1.82, 2.24) is 15.1 Å². The molecule has 158 valence electrons. The van der Waals surface area contributed by atoms with E-state index in [1.54, 1.807) is 18.2 Å². The number of nitrogens with one attached hydrogen (secondary N) is 1. The number of benzene rings is 1. The van der Waals surface area contributed by atoms with Crippen LogP contribution >= 0.6 is 11.3 Å². The predicted octanol–water partition coefficient (Wildman–Crippen LogP) is 3.76. The second-order valence-corrected chi connectivity index (χ2v) is 9.00. The Labute approximate surface area is 178 Å². The standard InChI is InChI=1S/C21H24N4O4S/c26-18(22-14-8-9-16-17(11-14)29-12-28-16)20-24-23-19(30-20)15-7-4-10-25(15)21(27)13-5-2-1-3-6-13/h8-9,11,13,15H,1-7,10,12H2,(H,22,26)/t15-/m0/s1. The lowest BCUT2D eigenvalue weighted by molar-refractivity contribution is -0.137. The first-order valence-electron chi connectivity index (χ1n) is 10.5. The Balaban J connectivity index is 1.27. The summed E-state index contributed by atoms with van der Waals surface area (Å²) in [6.07, 6.45) is 7.31. The number of anilines is 1. The maximum atomic E-state index is 13.0. The van der Waals surface area contributed by atoms with Crippen molar-refractivity contribution in [2.45, 2.75) is 51.0 Å². The van der Waals surface area contributed by atoms with Gasteiger partial charge in [-0.15, -0.1) is 10.2 Å². The van der Waals surface area contributed by atoms with Crippen LogP contribution in [0, 0.1) is 5.92 Å². The Bertz CT molecular complexity index is 956. The molecule has 0 radical (unpaired) electrons. The Morgan fingerprint density at radius 2 is 1.87 bits per heavy atom. The number of carbonyl (C=O) groups is 2. The molecule has 8 nitrogen and oxygen atoms in total. The van der Waals surface area contributed by atoms with Crippen LogP contribution in [0.4, 0.5) is 5.69 Å². The number of hydrogen-bond donors (Lipinski definition) is 1. The molecular weight excluding hydrogens is 404 g/mol. The van der Waals surface area contributed by atoms with E-state index in [0.29, 0.717) is 22.2 Å². The van der Waals surface area contributed by atoms with Gasteiger partial charge in [0.15, 0.2) is 11.5 Å². The summed E-state index contributed by atoms with van der Waals surface area (Å²) in [6.45, 7) is 0.947. The third-order valence-corrected chi connectivity index (χ3v) is 7.06. The molecule has 1 aromatic heterocycles. The van der Waals surface area contributed by atoms with Crippen LogP contribution in [-0.4, -0.2) is 40.2 Å². The summed E-state index contributed by atoms with van der Waals surface area (Å²) in [6, 6.07) is 5.18. The highest BCUT2D eigenvalue weighted by Crippen LogP contribution is 2.37. The number of amides is 2. The van der Waals surface area contributed by atoms with Crippen LogP contribution in [0.3, 0.4) is 0 Å². The lowest BCUT2D eigenvalue weighted by Gasteiger charge is -2.29. The van der Waals surface area contributed by atoms with Gasteiger partial charge in [0.25, 0.3) is 5.91 Å². The number of nitrogens with zero attached hydrogens (tertiary/aromatic N) is 3. The molecule has 3 aliphatic rings. The fourth-order valence-corrected chi connectivity index (χ4v) is 5.38. The fourth-order valence-electron chi connectivity index (χ4n) is 4.49. The van der Waals surface area contributed by atoms with Crippen molar-refractivity contribution in [2.75, 3.05) is 18.7 Å². The molecular formula is C21H24N4O4S. The maximum Gasteiger partial charge on any atom is 0.286 e. The van der Waals surface area contributed by atoms with Gasteiger partial charge in [-0.25, -0.2) is 0 Å². The first kappa shape index (κ1) is 19.3. The Morgan fingerprint density at radius 3 is 2.73 bits per heavy atom. The van der Waals surface area contributed by atoms with Gasteiger partial charge >= 0.3 is 0 Å². The zero-order valence-electron chi connectivity index (χ0n) is 16.6. The van der Waals surface area contributed by atoms with Gasteiger partial charge < -0.3 is 19.7 Å². The van der Waals surface area contributed by atoms with Gasteiger partial charge in [0.1, 0.15) is 5.01 Å². The van der Waals surface area contributed by atoms with E-state index >= 15 is 0 Å². The number of carbonyl (C=O) groups excluding carboxylic acids is 2. The number of ether oxygens (including phenoxy) is 2. The van der Waals surface area contributed by atoms with Gasteiger partial charge in [0.05, 0.1) is 6.04 Å². The topological polar surface area (TPSA) is 93.7 Å². The van der Waals surface area contributed by atoms with Crippen molar-refractivity contribution in [3.05, 3.63) is 28.2 Å². The van der Waals surface area contributed by atoms with Gasteiger partial charge in [-0.1, -0.05) is 30.6 Å².